The third kappa shape index (κ3) is 6.39. The Bertz CT molecular complexity index is 589. The van der Waals surface area contributed by atoms with Gasteiger partial charge in [-0.3, -0.25) is 0 Å². The van der Waals surface area contributed by atoms with Crippen molar-refractivity contribution in [3.8, 4) is 0 Å². The van der Waals surface area contributed by atoms with Gasteiger partial charge in [0.2, 0.25) is 0 Å². The van der Waals surface area contributed by atoms with Crippen LogP contribution in [0.1, 0.15) is 52.1 Å². The van der Waals surface area contributed by atoms with Gasteiger partial charge in [-0.1, -0.05) is 18.5 Å². The lowest BCUT2D eigenvalue weighted by atomic mass is 10.0. The Kier molecular flexibility index (Phi) is 7.47. The summed E-state index contributed by atoms with van der Waals surface area (Å²) < 4.78 is 5.51. The number of carbonyl (C=O) groups is 1. The minimum Gasteiger partial charge on any atom is -0.444 e. The van der Waals surface area contributed by atoms with E-state index < -0.39 is 5.60 Å². The predicted octanol–water partition coefficient (Wildman–Crippen LogP) is 5.11. The minimum atomic E-state index is -0.465. The number of thioether (sulfide) groups is 1. The Morgan fingerprint density at radius 3 is 2.84 bits per heavy atom. The van der Waals surface area contributed by atoms with Crippen LogP contribution in [0, 0.1) is 0 Å². The van der Waals surface area contributed by atoms with E-state index in [-0.39, 0.29) is 12.1 Å². The van der Waals surface area contributed by atoms with Crippen molar-refractivity contribution >= 4 is 29.5 Å². The maximum Gasteiger partial charge on any atom is 0.410 e. The summed E-state index contributed by atoms with van der Waals surface area (Å²) in [5.74, 6) is 1.09. The highest BCUT2D eigenvalue weighted by Crippen LogP contribution is 2.37. The summed E-state index contributed by atoms with van der Waals surface area (Å²) in [5.41, 5.74) is 0.801. The van der Waals surface area contributed by atoms with Gasteiger partial charge in [0.15, 0.2) is 0 Å². The van der Waals surface area contributed by atoms with Crippen LogP contribution in [0.4, 0.5) is 4.79 Å². The Morgan fingerprint density at radius 2 is 2.16 bits per heavy atom. The van der Waals surface area contributed by atoms with Gasteiger partial charge in [0.1, 0.15) is 5.60 Å². The van der Waals surface area contributed by atoms with Gasteiger partial charge in [-0.05, 0) is 63.1 Å². The summed E-state index contributed by atoms with van der Waals surface area (Å²) in [6, 6.07) is 6.39. The van der Waals surface area contributed by atoms with Crippen molar-refractivity contribution in [2.75, 3.05) is 25.4 Å². The van der Waals surface area contributed by atoms with Gasteiger partial charge >= 0.3 is 6.09 Å². The van der Waals surface area contributed by atoms with Crippen LogP contribution in [-0.2, 0) is 4.74 Å². The highest BCUT2D eigenvalue weighted by atomic mass is 35.5. The number of rotatable bonds is 6. The number of hydrogen-bond donors (Lipinski definition) is 1. The van der Waals surface area contributed by atoms with E-state index in [2.05, 4.69) is 24.4 Å². The zero-order chi connectivity index (χ0) is 18.4. The molecule has 0 spiro atoms. The third-order valence-corrected chi connectivity index (χ3v) is 5.29. The smallest absolute Gasteiger partial charge is 0.410 e. The van der Waals surface area contributed by atoms with Crippen molar-refractivity contribution in [3.63, 3.8) is 0 Å². The van der Waals surface area contributed by atoms with Gasteiger partial charge < -0.3 is 15.0 Å². The van der Waals surface area contributed by atoms with E-state index >= 15 is 0 Å². The molecule has 4 nitrogen and oxygen atoms in total. The monoisotopic (exact) mass is 384 g/mol. The van der Waals surface area contributed by atoms with Crippen LogP contribution in [0.15, 0.2) is 23.1 Å². The van der Waals surface area contributed by atoms with Crippen LogP contribution in [0.5, 0.6) is 0 Å². The molecular formula is C19H29ClN2O2S. The summed E-state index contributed by atoms with van der Waals surface area (Å²) in [7, 11) is 0. The number of nitrogens with zero attached hydrogens (tertiary/aromatic N) is 1. The highest BCUT2D eigenvalue weighted by molar-refractivity contribution is 7.99. The van der Waals surface area contributed by atoms with E-state index in [1.54, 1.807) is 4.90 Å². The molecule has 1 heterocycles. The molecule has 0 fully saturated rings. The SMILES string of the molecule is CCCN(CCNC1CCSc2ccc(Cl)cc21)C(=O)OC(C)(C)C. The van der Waals surface area contributed by atoms with Gasteiger partial charge in [-0.2, -0.15) is 0 Å². The van der Waals surface area contributed by atoms with Crippen LogP contribution in [0.2, 0.25) is 5.02 Å². The molecule has 0 aromatic heterocycles. The van der Waals surface area contributed by atoms with Crippen LogP contribution in [-0.4, -0.2) is 42.0 Å². The quantitative estimate of drug-likeness (QED) is 0.739. The van der Waals surface area contributed by atoms with Crippen LogP contribution >= 0.6 is 23.4 Å². The van der Waals surface area contributed by atoms with Crippen molar-refractivity contribution in [1.82, 2.24) is 10.2 Å². The summed E-state index contributed by atoms with van der Waals surface area (Å²) in [6.07, 6.45) is 1.74. The molecule has 0 aliphatic carbocycles. The molecule has 1 aromatic carbocycles. The molecule has 1 aliphatic rings. The Morgan fingerprint density at radius 1 is 1.40 bits per heavy atom. The second-order valence-electron chi connectivity index (χ2n) is 7.29. The van der Waals surface area contributed by atoms with E-state index in [0.29, 0.717) is 13.1 Å². The fourth-order valence-electron chi connectivity index (χ4n) is 2.84. The molecule has 1 atom stereocenters. The van der Waals surface area contributed by atoms with E-state index in [9.17, 15) is 4.79 Å². The number of fused-ring (bicyclic) bond motifs is 1. The standard InChI is InChI=1S/C19H29ClN2O2S/c1-5-10-22(18(23)24-19(2,3)4)11-9-21-16-8-12-25-17-7-6-14(20)13-15(16)17/h6-7,13,16,21H,5,8-12H2,1-4H3. The van der Waals surface area contributed by atoms with Crippen LogP contribution in [0.25, 0.3) is 0 Å². The molecule has 140 valence electrons. The Labute approximate surface area is 160 Å². The number of amides is 1. The highest BCUT2D eigenvalue weighted by Gasteiger charge is 2.23. The lowest BCUT2D eigenvalue weighted by molar-refractivity contribution is 0.0250. The number of benzene rings is 1. The molecule has 6 heteroatoms. The number of carbonyl (C=O) groups excluding carboxylic acids is 1. The first-order valence-corrected chi connectivity index (χ1v) is 10.3. The maximum absolute atomic E-state index is 12.3. The lowest BCUT2D eigenvalue weighted by Gasteiger charge is -2.29. The molecule has 0 saturated carbocycles. The van der Waals surface area contributed by atoms with Crippen molar-refractivity contribution in [2.24, 2.45) is 0 Å². The zero-order valence-corrected chi connectivity index (χ0v) is 17.2. The van der Waals surface area contributed by atoms with Gasteiger partial charge in [-0.25, -0.2) is 4.79 Å². The molecule has 1 N–H and O–H groups in total. The molecule has 1 amide bonds. The molecule has 0 radical (unpaired) electrons. The third-order valence-electron chi connectivity index (χ3n) is 3.93. The van der Waals surface area contributed by atoms with Crippen molar-refractivity contribution in [1.29, 1.82) is 0 Å². The number of ether oxygens (including phenoxy) is 1. The van der Waals surface area contributed by atoms with E-state index in [1.807, 2.05) is 38.6 Å². The molecule has 0 bridgehead atoms. The topological polar surface area (TPSA) is 41.6 Å². The summed E-state index contributed by atoms with van der Waals surface area (Å²) in [5, 5.41) is 4.36. The van der Waals surface area contributed by atoms with Crippen molar-refractivity contribution in [2.45, 2.75) is 57.1 Å². The molecular weight excluding hydrogens is 356 g/mol. The first kappa shape index (κ1) is 20.4. The van der Waals surface area contributed by atoms with E-state index in [4.69, 9.17) is 16.3 Å². The minimum absolute atomic E-state index is 0.237. The molecule has 1 aromatic rings. The number of nitrogens with one attached hydrogen (secondary N) is 1. The molecule has 1 aliphatic heterocycles. The van der Waals surface area contributed by atoms with E-state index in [0.717, 1.165) is 30.2 Å². The number of halogens is 1. The molecule has 0 saturated heterocycles. The zero-order valence-electron chi connectivity index (χ0n) is 15.6. The average Bonchev–Trinajstić information content (AvgIpc) is 2.52. The summed E-state index contributed by atoms with van der Waals surface area (Å²) >= 11 is 8.04. The molecule has 1 unspecified atom stereocenters. The first-order valence-electron chi connectivity index (χ1n) is 8.93. The largest absolute Gasteiger partial charge is 0.444 e. The maximum atomic E-state index is 12.3. The van der Waals surface area contributed by atoms with Crippen LogP contribution in [0.3, 0.4) is 0 Å². The van der Waals surface area contributed by atoms with Crippen molar-refractivity contribution in [3.05, 3.63) is 28.8 Å². The Hall–Kier alpha value is -0.910. The van der Waals surface area contributed by atoms with Gasteiger partial charge in [0, 0.05) is 35.6 Å². The fraction of sp³-hybridized carbons (Fsp3) is 0.632. The Balaban J connectivity index is 1.92. The molecule has 2 rings (SSSR count). The second kappa shape index (κ2) is 9.15. The van der Waals surface area contributed by atoms with Crippen molar-refractivity contribution < 1.29 is 9.53 Å². The second-order valence-corrected chi connectivity index (χ2v) is 8.87. The van der Waals surface area contributed by atoms with Crippen LogP contribution < -0.4 is 5.32 Å². The average molecular weight is 385 g/mol. The predicted molar refractivity (Wildman–Crippen MR) is 106 cm³/mol. The summed E-state index contributed by atoms with van der Waals surface area (Å²) in [4.78, 5) is 15.4. The molecule has 25 heavy (non-hydrogen) atoms. The van der Waals surface area contributed by atoms with Gasteiger partial charge in [0.25, 0.3) is 0 Å². The number of hydrogen-bond acceptors (Lipinski definition) is 4. The fourth-order valence-corrected chi connectivity index (χ4v) is 4.13. The summed E-state index contributed by atoms with van der Waals surface area (Å²) in [6.45, 7) is 9.85. The lowest BCUT2D eigenvalue weighted by Crippen LogP contribution is -2.41. The van der Waals surface area contributed by atoms with Gasteiger partial charge in [0.05, 0.1) is 0 Å². The van der Waals surface area contributed by atoms with E-state index in [1.165, 1.54) is 10.5 Å². The van der Waals surface area contributed by atoms with Gasteiger partial charge in [-0.15, -0.1) is 11.8 Å². The first-order chi connectivity index (χ1) is 11.8. The normalized spacial score (nSPS) is 17.1.